The van der Waals surface area contributed by atoms with Crippen LogP contribution in [0.2, 0.25) is 0 Å². The highest BCUT2D eigenvalue weighted by Crippen LogP contribution is 2.66. The SMILES string of the molecule is C1=CC2c3cccc(-c4ccc(-c5cccc6c5c5ccccc5n6-c5ccccc5)cc4)c3C3(c4ccccc4Oc4ccccc43)C2C=C1. The zero-order chi connectivity index (χ0) is 33.5. The molecule has 1 spiro atoms. The Morgan fingerprint density at radius 2 is 1.10 bits per heavy atom. The fraction of sp³-hybridized carbons (Fsp3) is 0.0612. The van der Waals surface area contributed by atoms with E-state index >= 15 is 0 Å². The molecule has 2 heterocycles. The van der Waals surface area contributed by atoms with Gasteiger partial charge >= 0.3 is 0 Å². The minimum absolute atomic E-state index is 0.226. The van der Waals surface area contributed by atoms with E-state index in [0.717, 1.165) is 11.5 Å². The zero-order valence-electron chi connectivity index (χ0n) is 27.9. The van der Waals surface area contributed by atoms with Gasteiger partial charge in [-0.2, -0.15) is 0 Å². The van der Waals surface area contributed by atoms with Gasteiger partial charge in [-0.25, -0.2) is 0 Å². The van der Waals surface area contributed by atoms with Gasteiger partial charge in [0.2, 0.25) is 0 Å². The van der Waals surface area contributed by atoms with Crippen molar-refractivity contribution < 1.29 is 4.74 Å². The number of nitrogens with zero attached hydrogens (tertiary/aromatic N) is 1. The van der Waals surface area contributed by atoms with E-state index in [1.54, 1.807) is 0 Å². The molecule has 2 atom stereocenters. The molecule has 240 valence electrons. The van der Waals surface area contributed by atoms with Crippen LogP contribution in [-0.4, -0.2) is 4.57 Å². The molecule has 0 saturated carbocycles. The highest BCUT2D eigenvalue weighted by molar-refractivity contribution is 6.15. The number of fused-ring (bicyclic) bond motifs is 12. The number of rotatable bonds is 3. The maximum atomic E-state index is 6.62. The molecule has 51 heavy (non-hydrogen) atoms. The van der Waals surface area contributed by atoms with Gasteiger partial charge in [-0.05, 0) is 69.8 Å². The molecule has 1 aromatic heterocycles. The van der Waals surface area contributed by atoms with Crippen molar-refractivity contribution in [1.29, 1.82) is 0 Å². The van der Waals surface area contributed by atoms with Gasteiger partial charge in [0.15, 0.2) is 0 Å². The summed E-state index contributed by atoms with van der Waals surface area (Å²) in [5.74, 6) is 2.38. The first-order valence-electron chi connectivity index (χ1n) is 17.9. The number of allylic oxidation sites excluding steroid dienone is 4. The topological polar surface area (TPSA) is 14.2 Å². The Bertz CT molecular complexity index is 2680. The maximum Gasteiger partial charge on any atom is 0.131 e. The largest absolute Gasteiger partial charge is 0.457 e. The van der Waals surface area contributed by atoms with Crippen LogP contribution in [-0.2, 0) is 5.41 Å². The summed E-state index contributed by atoms with van der Waals surface area (Å²) in [6.45, 7) is 0. The molecule has 0 bridgehead atoms. The van der Waals surface area contributed by atoms with Crippen LogP contribution in [0.1, 0.15) is 28.2 Å². The van der Waals surface area contributed by atoms with E-state index in [-0.39, 0.29) is 11.8 Å². The van der Waals surface area contributed by atoms with Crippen molar-refractivity contribution in [1.82, 2.24) is 4.57 Å². The Labute approximate surface area is 297 Å². The van der Waals surface area contributed by atoms with E-state index in [2.05, 4.69) is 193 Å². The van der Waals surface area contributed by atoms with Gasteiger partial charge in [0.25, 0.3) is 0 Å². The van der Waals surface area contributed by atoms with E-state index in [0.29, 0.717) is 0 Å². The smallest absolute Gasteiger partial charge is 0.131 e. The Balaban J connectivity index is 1.12. The van der Waals surface area contributed by atoms with E-state index in [4.69, 9.17) is 4.74 Å². The van der Waals surface area contributed by atoms with Crippen LogP contribution < -0.4 is 4.74 Å². The van der Waals surface area contributed by atoms with Crippen molar-refractivity contribution >= 4 is 21.8 Å². The van der Waals surface area contributed by atoms with Gasteiger partial charge in [0, 0.05) is 39.4 Å². The highest BCUT2D eigenvalue weighted by atomic mass is 16.5. The van der Waals surface area contributed by atoms with Gasteiger partial charge in [-0.1, -0.05) is 152 Å². The van der Waals surface area contributed by atoms with Gasteiger partial charge in [0.05, 0.1) is 16.4 Å². The van der Waals surface area contributed by atoms with Gasteiger partial charge in [-0.3, -0.25) is 0 Å². The van der Waals surface area contributed by atoms with Crippen molar-refractivity contribution in [3.63, 3.8) is 0 Å². The lowest BCUT2D eigenvalue weighted by Gasteiger charge is -2.43. The Morgan fingerprint density at radius 1 is 0.490 bits per heavy atom. The molecular formula is C49H33NO. The molecule has 7 aromatic carbocycles. The summed E-state index contributed by atoms with van der Waals surface area (Å²) in [5, 5.41) is 2.54. The number of para-hydroxylation sites is 4. The molecule has 0 N–H and O–H groups in total. The number of ether oxygens (including phenoxy) is 1. The molecule has 2 unspecified atom stereocenters. The van der Waals surface area contributed by atoms with Crippen LogP contribution in [0.25, 0.3) is 49.7 Å². The number of aromatic nitrogens is 1. The average molecular weight is 652 g/mol. The van der Waals surface area contributed by atoms with Crippen molar-refractivity contribution in [2.45, 2.75) is 11.3 Å². The summed E-state index contributed by atoms with van der Waals surface area (Å²) in [7, 11) is 0. The first-order chi connectivity index (χ1) is 25.3. The molecule has 3 aliphatic rings. The molecule has 2 heteroatoms. The second-order valence-electron chi connectivity index (χ2n) is 14.0. The summed E-state index contributed by atoms with van der Waals surface area (Å²) < 4.78 is 9.01. The minimum Gasteiger partial charge on any atom is -0.457 e. The molecule has 1 aliphatic heterocycles. The first kappa shape index (κ1) is 28.5. The number of benzene rings is 7. The lowest BCUT2D eigenvalue weighted by molar-refractivity contribution is 0.374. The summed E-state index contributed by atoms with van der Waals surface area (Å²) in [5.41, 5.74) is 13.4. The van der Waals surface area contributed by atoms with Gasteiger partial charge < -0.3 is 9.30 Å². The third kappa shape index (κ3) is 3.88. The summed E-state index contributed by atoms with van der Waals surface area (Å²) in [4.78, 5) is 0. The summed E-state index contributed by atoms with van der Waals surface area (Å²) in [6, 6.07) is 59.8. The van der Waals surface area contributed by atoms with E-state index < -0.39 is 5.41 Å². The van der Waals surface area contributed by atoms with Gasteiger partial charge in [-0.15, -0.1) is 0 Å². The van der Waals surface area contributed by atoms with Crippen LogP contribution in [0.15, 0.2) is 188 Å². The zero-order valence-corrected chi connectivity index (χ0v) is 27.9. The second-order valence-corrected chi connectivity index (χ2v) is 14.0. The molecule has 0 radical (unpaired) electrons. The first-order valence-corrected chi connectivity index (χ1v) is 17.9. The van der Waals surface area contributed by atoms with E-state index in [1.807, 2.05) is 0 Å². The predicted molar refractivity (Wildman–Crippen MR) is 209 cm³/mol. The van der Waals surface area contributed by atoms with E-state index in [1.165, 1.54) is 72.0 Å². The van der Waals surface area contributed by atoms with Crippen LogP contribution in [0, 0.1) is 5.92 Å². The Hall–Kier alpha value is -6.38. The monoisotopic (exact) mass is 651 g/mol. The lowest BCUT2D eigenvalue weighted by atomic mass is 9.61. The molecule has 0 amide bonds. The molecule has 2 aliphatic carbocycles. The molecule has 8 aromatic rings. The van der Waals surface area contributed by atoms with Crippen molar-refractivity contribution in [3.05, 3.63) is 210 Å². The normalized spacial score (nSPS) is 17.6. The highest BCUT2D eigenvalue weighted by Gasteiger charge is 2.57. The number of hydrogen-bond acceptors (Lipinski definition) is 1. The number of hydrogen-bond donors (Lipinski definition) is 0. The van der Waals surface area contributed by atoms with E-state index in [9.17, 15) is 0 Å². The Morgan fingerprint density at radius 3 is 1.88 bits per heavy atom. The fourth-order valence-corrected chi connectivity index (χ4v) is 9.61. The fourth-order valence-electron chi connectivity index (χ4n) is 9.61. The predicted octanol–water partition coefficient (Wildman–Crippen LogP) is 12.4. The molecular weight excluding hydrogens is 619 g/mol. The third-order valence-corrected chi connectivity index (χ3v) is 11.5. The molecule has 0 saturated heterocycles. The average Bonchev–Trinajstić information content (AvgIpc) is 3.70. The van der Waals surface area contributed by atoms with Crippen molar-refractivity contribution in [2.24, 2.45) is 5.92 Å². The van der Waals surface area contributed by atoms with Crippen LogP contribution in [0.4, 0.5) is 0 Å². The quantitative estimate of drug-likeness (QED) is 0.185. The summed E-state index contributed by atoms with van der Waals surface area (Å²) >= 11 is 0. The summed E-state index contributed by atoms with van der Waals surface area (Å²) in [6.07, 6.45) is 9.29. The van der Waals surface area contributed by atoms with Crippen LogP contribution in [0.5, 0.6) is 11.5 Å². The van der Waals surface area contributed by atoms with Crippen LogP contribution in [0.3, 0.4) is 0 Å². The van der Waals surface area contributed by atoms with Crippen molar-refractivity contribution in [2.75, 3.05) is 0 Å². The molecule has 2 nitrogen and oxygen atoms in total. The lowest BCUT2D eigenvalue weighted by Crippen LogP contribution is -2.38. The minimum atomic E-state index is -0.396. The Kier molecular flexibility index (Phi) is 6.03. The standard InChI is InChI=1S/C49H33NO/c1-2-14-34(15-3-1)50-43-24-9-5-17-39(43)47-35(18-13-25-44(47)50)32-28-30-33(31-29-32)36-19-12-20-38-37-16-4-6-21-40(37)49(48(36)38)41-22-7-10-26-45(41)51-46-27-11-8-23-42(46)49/h1-31,37,40H. The second kappa shape index (κ2) is 10.8. The van der Waals surface area contributed by atoms with Crippen molar-refractivity contribution in [3.8, 4) is 39.4 Å². The third-order valence-electron chi connectivity index (χ3n) is 11.5. The van der Waals surface area contributed by atoms with Crippen LogP contribution >= 0.6 is 0 Å². The molecule has 11 rings (SSSR count). The molecule has 0 fully saturated rings. The maximum absolute atomic E-state index is 6.62. The van der Waals surface area contributed by atoms with Gasteiger partial charge in [0.1, 0.15) is 11.5 Å².